The van der Waals surface area contributed by atoms with E-state index in [9.17, 15) is 0 Å². The van der Waals surface area contributed by atoms with Crippen molar-refractivity contribution in [2.24, 2.45) is 0 Å². The van der Waals surface area contributed by atoms with Crippen LogP contribution >= 0.6 is 0 Å². The van der Waals surface area contributed by atoms with Gasteiger partial charge in [-0.2, -0.15) is 0 Å². The Morgan fingerprint density at radius 3 is 2.43 bits per heavy atom. The number of hydrogen-bond donors (Lipinski definition) is 1. The van der Waals surface area contributed by atoms with Crippen LogP contribution in [-0.2, 0) is 17.9 Å². The van der Waals surface area contributed by atoms with Crippen LogP contribution in [0, 0.1) is 6.92 Å². The summed E-state index contributed by atoms with van der Waals surface area (Å²) in [5.74, 6) is 1.64. The van der Waals surface area contributed by atoms with Gasteiger partial charge in [0, 0.05) is 38.3 Å². The minimum atomic E-state index is 0. The van der Waals surface area contributed by atoms with E-state index in [0.29, 0.717) is 13.2 Å². The molecule has 1 aliphatic rings. The van der Waals surface area contributed by atoms with E-state index < -0.39 is 0 Å². The summed E-state index contributed by atoms with van der Waals surface area (Å²) in [4.78, 5) is 2.43. The maximum Gasteiger partial charge on any atom is 0.166 e. The van der Waals surface area contributed by atoms with Crippen LogP contribution in [0.4, 0.5) is 0 Å². The third-order valence-electron chi connectivity index (χ3n) is 4.89. The van der Waals surface area contributed by atoms with Gasteiger partial charge in [-0.3, -0.25) is 4.90 Å². The summed E-state index contributed by atoms with van der Waals surface area (Å²) >= 11 is 0. The van der Waals surface area contributed by atoms with Crippen LogP contribution in [0.3, 0.4) is 0 Å². The number of aryl methyl sites for hydroxylation is 1. The van der Waals surface area contributed by atoms with Gasteiger partial charge in [-0.25, -0.2) is 0 Å². The lowest BCUT2D eigenvalue weighted by Gasteiger charge is -2.26. The summed E-state index contributed by atoms with van der Waals surface area (Å²) in [5.41, 5.74) is 3.53. The van der Waals surface area contributed by atoms with Crippen molar-refractivity contribution in [3.63, 3.8) is 0 Å². The number of benzene rings is 2. The fraction of sp³-hybridized carbons (Fsp3) is 0.478. The van der Waals surface area contributed by atoms with Gasteiger partial charge in [0.2, 0.25) is 0 Å². The van der Waals surface area contributed by atoms with Crippen LogP contribution in [0.5, 0.6) is 11.5 Å². The molecule has 5 nitrogen and oxygen atoms in total. The Hall–Kier alpha value is -1.50. The van der Waals surface area contributed by atoms with Crippen molar-refractivity contribution in [3.05, 3.63) is 59.2 Å². The molecule has 168 valence electrons. The van der Waals surface area contributed by atoms with Gasteiger partial charge in [0.25, 0.3) is 0 Å². The summed E-state index contributed by atoms with van der Waals surface area (Å²) in [5, 5.41) is 3.55. The van der Waals surface area contributed by atoms with Gasteiger partial charge in [0.1, 0.15) is 6.61 Å². The van der Waals surface area contributed by atoms with Gasteiger partial charge >= 0.3 is 0 Å². The predicted octanol–water partition coefficient (Wildman–Crippen LogP) is -2.60. The van der Waals surface area contributed by atoms with Gasteiger partial charge in [0.15, 0.2) is 11.5 Å². The highest BCUT2D eigenvalue weighted by Gasteiger charge is 2.13. The van der Waals surface area contributed by atoms with Crippen molar-refractivity contribution in [2.75, 3.05) is 46.0 Å². The number of hydrogen-bond acceptors (Lipinski definition) is 5. The molecule has 30 heavy (non-hydrogen) atoms. The molecule has 1 aliphatic heterocycles. The molecule has 2 aromatic carbocycles. The van der Waals surface area contributed by atoms with Crippen LogP contribution in [0.15, 0.2) is 42.5 Å². The van der Waals surface area contributed by atoms with Gasteiger partial charge in [-0.05, 0) is 25.5 Å². The fourth-order valence-corrected chi connectivity index (χ4v) is 3.26. The smallest absolute Gasteiger partial charge is 0.166 e. The largest absolute Gasteiger partial charge is 1.00 e. The zero-order valence-corrected chi connectivity index (χ0v) is 19.3. The van der Waals surface area contributed by atoms with Crippen molar-refractivity contribution < 1.29 is 39.0 Å². The number of rotatable bonds is 10. The van der Waals surface area contributed by atoms with Gasteiger partial charge < -0.3 is 44.3 Å². The molecular formula is C23H32Cl2N2O3-2. The monoisotopic (exact) mass is 454 g/mol. The fourth-order valence-electron chi connectivity index (χ4n) is 3.26. The summed E-state index contributed by atoms with van der Waals surface area (Å²) in [6.07, 6.45) is 0. The number of nitrogens with one attached hydrogen (secondary N) is 1. The zero-order chi connectivity index (χ0) is 19.6. The second-order valence-electron chi connectivity index (χ2n) is 7.08. The highest BCUT2D eigenvalue weighted by atomic mass is 35.5. The van der Waals surface area contributed by atoms with E-state index in [2.05, 4.69) is 47.5 Å². The van der Waals surface area contributed by atoms with Crippen molar-refractivity contribution >= 4 is 0 Å². The number of nitrogens with zero attached hydrogens (tertiary/aromatic N) is 1. The summed E-state index contributed by atoms with van der Waals surface area (Å²) < 4.78 is 17.4. The summed E-state index contributed by atoms with van der Waals surface area (Å²) in [7, 11) is 0. The van der Waals surface area contributed by atoms with E-state index >= 15 is 0 Å². The minimum absolute atomic E-state index is 0. The predicted molar refractivity (Wildman–Crippen MR) is 112 cm³/mol. The van der Waals surface area contributed by atoms with E-state index in [1.54, 1.807) is 0 Å². The molecule has 0 aliphatic carbocycles. The maximum absolute atomic E-state index is 6.20. The first kappa shape index (κ1) is 26.5. The Bertz CT molecular complexity index is 723. The second-order valence-corrected chi connectivity index (χ2v) is 7.08. The molecule has 1 heterocycles. The average Bonchev–Trinajstić information content (AvgIpc) is 2.73. The lowest BCUT2D eigenvalue weighted by molar-refractivity contribution is -0.001000. The molecule has 0 spiro atoms. The van der Waals surface area contributed by atoms with Crippen LogP contribution in [0.1, 0.15) is 23.6 Å². The normalized spacial score (nSPS) is 13.8. The van der Waals surface area contributed by atoms with E-state index in [1.165, 1.54) is 5.56 Å². The van der Waals surface area contributed by atoms with Crippen LogP contribution in [0.2, 0.25) is 0 Å². The molecular weight excluding hydrogens is 423 g/mol. The Balaban J connectivity index is 0.00000225. The van der Waals surface area contributed by atoms with Crippen LogP contribution < -0.4 is 39.6 Å². The number of halogens is 2. The Morgan fingerprint density at radius 2 is 1.73 bits per heavy atom. The van der Waals surface area contributed by atoms with Crippen molar-refractivity contribution in [1.29, 1.82) is 0 Å². The van der Waals surface area contributed by atoms with E-state index in [0.717, 1.165) is 68.6 Å². The highest BCUT2D eigenvalue weighted by molar-refractivity contribution is 5.46. The van der Waals surface area contributed by atoms with Gasteiger partial charge in [-0.1, -0.05) is 42.0 Å². The molecule has 1 N–H and O–H groups in total. The van der Waals surface area contributed by atoms with Crippen molar-refractivity contribution in [1.82, 2.24) is 10.2 Å². The summed E-state index contributed by atoms with van der Waals surface area (Å²) in [6.45, 7) is 11.7. The van der Waals surface area contributed by atoms with Gasteiger partial charge in [0.05, 0.1) is 19.8 Å². The molecule has 0 radical (unpaired) electrons. The third-order valence-corrected chi connectivity index (χ3v) is 4.89. The Kier molecular flexibility index (Phi) is 12.8. The molecule has 0 bridgehead atoms. The molecule has 0 unspecified atom stereocenters. The first-order chi connectivity index (χ1) is 13.8. The van der Waals surface area contributed by atoms with Gasteiger partial charge in [-0.15, -0.1) is 0 Å². The maximum atomic E-state index is 6.20. The molecule has 0 amide bonds. The van der Waals surface area contributed by atoms with E-state index in [-0.39, 0.29) is 24.8 Å². The van der Waals surface area contributed by atoms with Crippen LogP contribution in [0.25, 0.3) is 0 Å². The molecule has 0 atom stereocenters. The quantitative estimate of drug-likeness (QED) is 0.399. The SMILES string of the molecule is CCOc1cccc(CNCCN2CCOCC2)c1OCc1ccc(C)cc1.[Cl-].[Cl-]. The molecule has 1 fully saturated rings. The number of morpholine rings is 1. The zero-order valence-electron chi connectivity index (χ0n) is 17.8. The first-order valence-corrected chi connectivity index (χ1v) is 10.2. The van der Waals surface area contributed by atoms with Crippen molar-refractivity contribution in [3.8, 4) is 11.5 Å². The standard InChI is InChI=1S/C23H32N2O3.2ClH/c1-3-27-22-6-4-5-21(17-24-11-12-25-13-15-26-16-14-25)23(22)28-18-20-9-7-19(2)8-10-20;;/h4-10,24H,3,11-18H2,1-2H3;2*1H/p-2. The van der Waals surface area contributed by atoms with Crippen LogP contribution in [-0.4, -0.2) is 50.9 Å². The third kappa shape index (κ3) is 8.32. The Labute approximate surface area is 192 Å². The lowest BCUT2D eigenvalue weighted by atomic mass is 10.1. The molecule has 7 heteroatoms. The minimum Gasteiger partial charge on any atom is -1.00 e. The average molecular weight is 455 g/mol. The van der Waals surface area contributed by atoms with Crippen molar-refractivity contribution in [2.45, 2.75) is 27.0 Å². The Morgan fingerprint density at radius 1 is 1.00 bits per heavy atom. The molecule has 0 saturated carbocycles. The molecule has 2 aromatic rings. The van der Waals surface area contributed by atoms with E-state index in [1.807, 2.05) is 19.1 Å². The molecule has 0 aromatic heterocycles. The topological polar surface area (TPSA) is 43.0 Å². The molecule has 3 rings (SSSR count). The van der Waals surface area contributed by atoms with E-state index in [4.69, 9.17) is 14.2 Å². The number of ether oxygens (including phenoxy) is 3. The first-order valence-electron chi connectivity index (χ1n) is 10.2. The lowest BCUT2D eigenvalue weighted by Crippen LogP contribution is -3.00. The highest BCUT2D eigenvalue weighted by Crippen LogP contribution is 2.32. The summed E-state index contributed by atoms with van der Waals surface area (Å²) in [6, 6.07) is 14.6. The second kappa shape index (κ2) is 14.5. The number of para-hydroxylation sites is 1. The molecule has 1 saturated heterocycles.